The molecule has 0 saturated heterocycles. The highest BCUT2D eigenvalue weighted by atomic mass is 16.6. The van der Waals surface area contributed by atoms with E-state index >= 15 is 0 Å². The first-order valence-electron chi connectivity index (χ1n) is 7.01. The molecule has 1 aromatic rings. The van der Waals surface area contributed by atoms with E-state index in [4.69, 9.17) is 9.47 Å². The first kappa shape index (κ1) is 17.4. The summed E-state index contributed by atoms with van der Waals surface area (Å²) >= 11 is 0. The molecule has 1 rings (SSSR count). The van der Waals surface area contributed by atoms with Crippen LogP contribution in [-0.2, 0) is 22.4 Å². The van der Waals surface area contributed by atoms with Gasteiger partial charge in [-0.15, -0.1) is 0 Å². The summed E-state index contributed by atoms with van der Waals surface area (Å²) in [5.41, 5.74) is 2.65. The van der Waals surface area contributed by atoms with Crippen LogP contribution in [0.3, 0.4) is 0 Å². The van der Waals surface area contributed by atoms with Crippen molar-refractivity contribution in [1.29, 1.82) is 0 Å². The van der Waals surface area contributed by atoms with Crippen molar-refractivity contribution >= 4 is 18.0 Å². The molecule has 0 aliphatic heterocycles. The van der Waals surface area contributed by atoms with E-state index in [9.17, 15) is 9.59 Å². The monoisotopic (exact) mass is 300 g/mol. The summed E-state index contributed by atoms with van der Waals surface area (Å²) in [7, 11) is 0. The summed E-state index contributed by atoms with van der Waals surface area (Å²) in [4.78, 5) is 23.1. The molecule has 0 aliphatic rings. The van der Waals surface area contributed by atoms with Gasteiger partial charge in [0.2, 0.25) is 0 Å². The highest BCUT2D eigenvalue weighted by Crippen LogP contribution is 2.38. The first-order valence-corrected chi connectivity index (χ1v) is 7.01. The lowest BCUT2D eigenvalue weighted by Crippen LogP contribution is -2.12. The third-order valence-corrected chi connectivity index (χ3v) is 3.17. The zero-order valence-electron chi connectivity index (χ0n) is 13.0. The molecule has 4 heteroatoms. The summed E-state index contributed by atoms with van der Waals surface area (Å²) in [6.07, 6.45) is 5.14. The zero-order valence-corrected chi connectivity index (χ0v) is 13.0. The molecule has 4 nitrogen and oxygen atoms in total. The number of ether oxygens (including phenoxy) is 2. The molecular weight excluding hydrogens is 280 g/mol. The lowest BCUT2D eigenvalue weighted by atomic mass is 9.95. The normalized spacial score (nSPS) is 9.73. The molecule has 0 amide bonds. The second-order valence-electron chi connectivity index (χ2n) is 4.41. The van der Waals surface area contributed by atoms with Crippen LogP contribution < -0.4 is 9.47 Å². The number of hydrogen-bond donors (Lipinski definition) is 0. The number of benzene rings is 1. The summed E-state index contributed by atoms with van der Waals surface area (Å²) in [5.74, 6) is -0.828. The van der Waals surface area contributed by atoms with E-state index in [1.54, 1.807) is 12.1 Å². The quantitative estimate of drug-likeness (QED) is 0.438. The van der Waals surface area contributed by atoms with Crippen LogP contribution in [0.1, 0.15) is 30.5 Å². The number of rotatable bonds is 7. The van der Waals surface area contributed by atoms with Gasteiger partial charge in [0.1, 0.15) is 0 Å². The van der Waals surface area contributed by atoms with Crippen molar-refractivity contribution in [3.8, 4) is 11.5 Å². The van der Waals surface area contributed by atoms with Crippen LogP contribution in [-0.4, -0.2) is 11.9 Å². The molecule has 0 aromatic heterocycles. The molecule has 116 valence electrons. The largest absolute Gasteiger partial charge is 0.419 e. The lowest BCUT2D eigenvalue weighted by Gasteiger charge is -2.18. The molecule has 0 radical (unpaired) electrons. The standard InChI is InChI=1S/C18H20O4/c1-6-12-11-15(21-16(19)9-4)18(22-17(20)10-5)14(8-3)13(12)7-2/h6,9-11H,1,4-5,7-8H2,2-3H3. The summed E-state index contributed by atoms with van der Waals surface area (Å²) in [6, 6.07) is 1.64. The first-order chi connectivity index (χ1) is 10.5. The van der Waals surface area contributed by atoms with E-state index < -0.39 is 11.9 Å². The SMILES string of the molecule is C=CC(=O)Oc1cc(C=C)c(CC)c(CC)c1OC(=O)C=C. The van der Waals surface area contributed by atoms with Crippen molar-refractivity contribution in [2.75, 3.05) is 0 Å². The summed E-state index contributed by atoms with van der Waals surface area (Å²) in [6.45, 7) is 14.5. The van der Waals surface area contributed by atoms with Crippen LogP contribution in [0.2, 0.25) is 0 Å². The summed E-state index contributed by atoms with van der Waals surface area (Å²) < 4.78 is 10.5. The molecule has 0 bridgehead atoms. The number of carbonyl (C=O) groups is 2. The predicted octanol–water partition coefficient (Wildman–Crippen LogP) is 3.64. The molecule has 0 atom stereocenters. The average Bonchev–Trinajstić information content (AvgIpc) is 2.54. The predicted molar refractivity (Wildman–Crippen MR) is 87.0 cm³/mol. The molecule has 0 fully saturated rings. The van der Waals surface area contributed by atoms with Gasteiger partial charge in [0.15, 0.2) is 11.5 Å². The third kappa shape index (κ3) is 3.73. The fraction of sp³-hybridized carbons (Fsp3) is 0.222. The van der Waals surface area contributed by atoms with E-state index in [0.717, 1.165) is 35.3 Å². The van der Waals surface area contributed by atoms with E-state index in [-0.39, 0.29) is 11.5 Å². The van der Waals surface area contributed by atoms with Gasteiger partial charge < -0.3 is 9.47 Å². The fourth-order valence-corrected chi connectivity index (χ4v) is 2.21. The van der Waals surface area contributed by atoms with Gasteiger partial charge in [-0.3, -0.25) is 0 Å². The van der Waals surface area contributed by atoms with Crippen molar-refractivity contribution in [3.05, 3.63) is 54.6 Å². The zero-order chi connectivity index (χ0) is 16.7. The summed E-state index contributed by atoms with van der Waals surface area (Å²) in [5, 5.41) is 0. The third-order valence-electron chi connectivity index (χ3n) is 3.17. The second kappa shape index (κ2) is 7.98. The van der Waals surface area contributed by atoms with Crippen LogP contribution in [0.4, 0.5) is 0 Å². The molecular formula is C18H20O4. The minimum Gasteiger partial charge on any atom is -0.419 e. The Morgan fingerprint density at radius 2 is 1.55 bits per heavy atom. The highest BCUT2D eigenvalue weighted by Gasteiger charge is 2.20. The molecule has 0 spiro atoms. The van der Waals surface area contributed by atoms with Crippen molar-refractivity contribution in [2.24, 2.45) is 0 Å². The minimum atomic E-state index is -0.628. The average molecular weight is 300 g/mol. The maximum Gasteiger partial charge on any atom is 0.335 e. The molecule has 0 heterocycles. The number of esters is 2. The number of hydrogen-bond acceptors (Lipinski definition) is 4. The Labute approximate surface area is 130 Å². The minimum absolute atomic E-state index is 0.170. The van der Waals surface area contributed by atoms with E-state index in [0.29, 0.717) is 6.42 Å². The van der Waals surface area contributed by atoms with Gasteiger partial charge in [0.25, 0.3) is 0 Å². The van der Waals surface area contributed by atoms with Crippen molar-refractivity contribution in [3.63, 3.8) is 0 Å². The Balaban J connectivity index is 3.59. The Kier molecular flexibility index (Phi) is 6.32. The van der Waals surface area contributed by atoms with E-state index in [2.05, 4.69) is 19.7 Å². The van der Waals surface area contributed by atoms with E-state index in [1.165, 1.54) is 0 Å². The van der Waals surface area contributed by atoms with Crippen LogP contribution in [0, 0.1) is 0 Å². The fourth-order valence-electron chi connectivity index (χ4n) is 2.21. The molecule has 0 unspecified atom stereocenters. The second-order valence-corrected chi connectivity index (χ2v) is 4.41. The Morgan fingerprint density at radius 1 is 1.00 bits per heavy atom. The maximum absolute atomic E-state index is 11.6. The van der Waals surface area contributed by atoms with Crippen molar-refractivity contribution in [2.45, 2.75) is 26.7 Å². The maximum atomic E-state index is 11.6. The van der Waals surface area contributed by atoms with Crippen LogP contribution in [0.5, 0.6) is 11.5 Å². The van der Waals surface area contributed by atoms with Gasteiger partial charge in [-0.25, -0.2) is 9.59 Å². The lowest BCUT2D eigenvalue weighted by molar-refractivity contribution is -0.131. The van der Waals surface area contributed by atoms with Crippen LogP contribution in [0.15, 0.2) is 38.0 Å². The Morgan fingerprint density at radius 3 is 2.00 bits per heavy atom. The van der Waals surface area contributed by atoms with Gasteiger partial charge in [-0.1, -0.05) is 39.7 Å². The molecule has 1 aromatic carbocycles. The van der Waals surface area contributed by atoms with Gasteiger partial charge in [0.05, 0.1) is 0 Å². The Bertz CT molecular complexity index is 626. The van der Waals surface area contributed by atoms with Crippen molar-refractivity contribution in [1.82, 2.24) is 0 Å². The van der Waals surface area contributed by atoms with Crippen molar-refractivity contribution < 1.29 is 19.1 Å². The smallest absolute Gasteiger partial charge is 0.335 e. The number of carbonyl (C=O) groups excluding carboxylic acids is 2. The topological polar surface area (TPSA) is 52.6 Å². The van der Waals surface area contributed by atoms with Gasteiger partial charge >= 0.3 is 11.9 Å². The molecule has 0 N–H and O–H groups in total. The molecule has 0 aliphatic carbocycles. The van der Waals surface area contributed by atoms with Crippen LogP contribution in [0.25, 0.3) is 6.08 Å². The molecule has 0 saturated carbocycles. The van der Waals surface area contributed by atoms with E-state index in [1.807, 2.05) is 13.8 Å². The molecule has 22 heavy (non-hydrogen) atoms. The van der Waals surface area contributed by atoms with Gasteiger partial charge in [0, 0.05) is 17.7 Å². The Hall–Kier alpha value is -2.62. The van der Waals surface area contributed by atoms with Gasteiger partial charge in [-0.05, 0) is 30.0 Å². The van der Waals surface area contributed by atoms with Crippen LogP contribution >= 0.6 is 0 Å². The van der Waals surface area contributed by atoms with Gasteiger partial charge in [-0.2, -0.15) is 0 Å². The highest BCUT2D eigenvalue weighted by molar-refractivity contribution is 5.87.